The van der Waals surface area contributed by atoms with E-state index in [1.165, 1.54) is 35.2 Å². The van der Waals surface area contributed by atoms with E-state index in [2.05, 4.69) is 15.6 Å². The second-order valence-corrected chi connectivity index (χ2v) is 8.72. The molecule has 10 heteroatoms. The third-order valence-electron chi connectivity index (χ3n) is 4.47. The predicted octanol–water partition coefficient (Wildman–Crippen LogP) is 3.98. The number of anilines is 1. The zero-order valence-electron chi connectivity index (χ0n) is 17.7. The lowest BCUT2D eigenvalue weighted by molar-refractivity contribution is -0.149. The molecule has 2 aromatic carbocycles. The first-order valence-corrected chi connectivity index (χ1v) is 12.3. The highest BCUT2D eigenvalue weighted by Crippen LogP contribution is 2.25. The molecule has 1 heterocycles. The number of hydrogen-bond donors (Lipinski definition) is 2. The average molecular weight is 488 g/mol. The van der Waals surface area contributed by atoms with Crippen LogP contribution in [0, 0.1) is 5.82 Å². The number of thioether (sulfide) groups is 1. The van der Waals surface area contributed by atoms with Crippen molar-refractivity contribution in [2.75, 3.05) is 23.9 Å². The molecule has 2 N–H and O–H groups in total. The van der Waals surface area contributed by atoms with E-state index in [9.17, 15) is 18.8 Å². The minimum absolute atomic E-state index is 0.326. The molecule has 0 saturated carbocycles. The molecule has 1 aromatic heterocycles. The van der Waals surface area contributed by atoms with Crippen LogP contribution in [0.15, 0.2) is 60.0 Å². The van der Waals surface area contributed by atoms with Crippen molar-refractivity contribution in [3.05, 3.63) is 71.4 Å². The summed E-state index contributed by atoms with van der Waals surface area (Å²) in [4.78, 5) is 41.4. The number of aromatic nitrogens is 1. The average Bonchev–Trinajstić information content (AvgIpc) is 3.29. The van der Waals surface area contributed by atoms with Gasteiger partial charge in [0.05, 0.1) is 5.69 Å². The Labute approximate surface area is 198 Å². The van der Waals surface area contributed by atoms with Crippen LogP contribution in [-0.4, -0.2) is 47.4 Å². The van der Waals surface area contributed by atoms with Gasteiger partial charge in [-0.25, -0.2) is 14.2 Å². The second-order valence-electron chi connectivity index (χ2n) is 6.87. The zero-order valence-corrected chi connectivity index (χ0v) is 19.4. The summed E-state index contributed by atoms with van der Waals surface area (Å²) in [5, 5.41) is 7.30. The number of benzene rings is 2. The maximum absolute atomic E-state index is 13.1. The fourth-order valence-electron chi connectivity index (χ4n) is 2.79. The first-order valence-electron chi connectivity index (χ1n) is 9.99. The van der Waals surface area contributed by atoms with Crippen LogP contribution >= 0.6 is 23.1 Å². The monoisotopic (exact) mass is 487 g/mol. The van der Waals surface area contributed by atoms with E-state index in [-0.39, 0.29) is 11.7 Å². The summed E-state index contributed by atoms with van der Waals surface area (Å²) in [6.45, 7) is -0.513. The quantitative estimate of drug-likeness (QED) is 0.420. The van der Waals surface area contributed by atoms with Gasteiger partial charge in [-0.1, -0.05) is 18.2 Å². The van der Waals surface area contributed by atoms with Crippen LogP contribution in [0.2, 0.25) is 0 Å². The third kappa shape index (κ3) is 7.40. The Hall–Kier alpha value is -3.24. The molecule has 0 radical (unpaired) electrons. The number of rotatable bonds is 10. The lowest BCUT2D eigenvalue weighted by atomic mass is 10.1. The Morgan fingerprint density at radius 1 is 1.12 bits per heavy atom. The van der Waals surface area contributed by atoms with Crippen molar-refractivity contribution in [3.8, 4) is 11.3 Å². The fraction of sp³-hybridized carbons (Fsp3) is 0.217. The van der Waals surface area contributed by atoms with E-state index >= 15 is 0 Å². The van der Waals surface area contributed by atoms with Crippen molar-refractivity contribution in [3.63, 3.8) is 0 Å². The fourth-order valence-corrected chi connectivity index (χ4v) is 4.00. The minimum atomic E-state index is -0.872. The summed E-state index contributed by atoms with van der Waals surface area (Å²) < 4.78 is 18.2. The number of carbonyl (C=O) groups excluding carboxylic acids is 3. The molecule has 0 spiro atoms. The molecule has 3 rings (SSSR count). The molecule has 172 valence electrons. The van der Waals surface area contributed by atoms with Gasteiger partial charge in [0.1, 0.15) is 11.9 Å². The SMILES string of the molecule is CSCC[C@H](NC(=O)c1ccccc1)C(=O)OCC(=O)Nc1nc(-c2ccc(F)cc2)cs1. The maximum atomic E-state index is 13.1. The van der Waals surface area contributed by atoms with E-state index in [1.807, 2.05) is 6.26 Å². The van der Waals surface area contributed by atoms with Crippen LogP contribution in [0.3, 0.4) is 0 Å². The van der Waals surface area contributed by atoms with Crippen LogP contribution in [0.5, 0.6) is 0 Å². The highest BCUT2D eigenvalue weighted by Gasteiger charge is 2.23. The van der Waals surface area contributed by atoms with Crippen molar-refractivity contribution in [2.24, 2.45) is 0 Å². The molecule has 0 fully saturated rings. The molecule has 0 aliphatic heterocycles. The van der Waals surface area contributed by atoms with Gasteiger partial charge in [-0.15, -0.1) is 11.3 Å². The molecule has 0 aliphatic rings. The first kappa shape index (κ1) is 24.4. The number of thiazole rings is 1. The molecule has 7 nitrogen and oxygen atoms in total. The van der Waals surface area contributed by atoms with Gasteiger partial charge in [0, 0.05) is 16.5 Å². The molecule has 2 amide bonds. The summed E-state index contributed by atoms with van der Waals surface area (Å²) in [6, 6.07) is 13.5. The standard InChI is InChI=1S/C23H22FN3O4S2/c1-32-12-11-18(25-21(29)16-5-3-2-4-6-16)22(30)31-13-20(28)27-23-26-19(14-33-23)15-7-9-17(24)10-8-15/h2-10,14,18H,11-13H2,1H3,(H,25,29)(H,26,27,28)/t18-/m0/s1. The van der Waals surface area contributed by atoms with E-state index in [0.29, 0.717) is 34.1 Å². The van der Waals surface area contributed by atoms with E-state index < -0.39 is 24.5 Å². The van der Waals surface area contributed by atoms with Gasteiger partial charge in [-0.05, 0) is 54.8 Å². The maximum Gasteiger partial charge on any atom is 0.329 e. The Morgan fingerprint density at radius 2 is 1.85 bits per heavy atom. The lowest BCUT2D eigenvalue weighted by Crippen LogP contribution is -2.43. The van der Waals surface area contributed by atoms with Gasteiger partial charge in [0.25, 0.3) is 11.8 Å². The van der Waals surface area contributed by atoms with Crippen molar-refractivity contribution in [1.29, 1.82) is 0 Å². The lowest BCUT2D eigenvalue weighted by Gasteiger charge is -2.17. The summed E-state index contributed by atoms with van der Waals surface area (Å²) in [7, 11) is 0. The van der Waals surface area contributed by atoms with Crippen LogP contribution in [-0.2, 0) is 14.3 Å². The summed E-state index contributed by atoms with van der Waals surface area (Å²) in [5.74, 6) is -1.35. The number of ether oxygens (including phenoxy) is 1. The van der Waals surface area contributed by atoms with E-state index in [1.54, 1.807) is 47.8 Å². The molecular formula is C23H22FN3O4S2. The summed E-state index contributed by atoms with van der Waals surface area (Å²) >= 11 is 2.73. The van der Waals surface area contributed by atoms with Gasteiger partial charge in [0.15, 0.2) is 11.7 Å². The number of nitrogens with one attached hydrogen (secondary N) is 2. The normalized spacial score (nSPS) is 11.5. The van der Waals surface area contributed by atoms with Gasteiger partial charge >= 0.3 is 5.97 Å². The van der Waals surface area contributed by atoms with Gasteiger partial charge in [-0.2, -0.15) is 11.8 Å². The van der Waals surface area contributed by atoms with Crippen LogP contribution in [0.1, 0.15) is 16.8 Å². The minimum Gasteiger partial charge on any atom is -0.454 e. The first-order chi connectivity index (χ1) is 16.0. The molecule has 1 atom stereocenters. The zero-order chi connectivity index (χ0) is 23.6. The topological polar surface area (TPSA) is 97.4 Å². The smallest absolute Gasteiger partial charge is 0.329 e. The van der Waals surface area contributed by atoms with Gasteiger partial charge in [-0.3, -0.25) is 14.9 Å². The molecule has 0 aliphatic carbocycles. The number of halogens is 1. The predicted molar refractivity (Wildman–Crippen MR) is 128 cm³/mol. The Morgan fingerprint density at radius 3 is 2.55 bits per heavy atom. The summed E-state index contributed by atoms with van der Waals surface area (Å²) in [5.41, 5.74) is 1.73. The van der Waals surface area contributed by atoms with Crippen molar-refractivity contribution in [2.45, 2.75) is 12.5 Å². The number of esters is 1. The van der Waals surface area contributed by atoms with E-state index in [0.717, 1.165) is 0 Å². The number of hydrogen-bond acceptors (Lipinski definition) is 7. The number of nitrogens with zero attached hydrogens (tertiary/aromatic N) is 1. The Bertz CT molecular complexity index is 1090. The molecule has 3 aromatic rings. The molecule has 0 bridgehead atoms. The van der Waals surface area contributed by atoms with Gasteiger partial charge < -0.3 is 10.1 Å². The van der Waals surface area contributed by atoms with Gasteiger partial charge in [0.2, 0.25) is 0 Å². The third-order valence-corrected chi connectivity index (χ3v) is 5.87. The second kappa shape index (κ2) is 12.1. The van der Waals surface area contributed by atoms with Crippen LogP contribution in [0.4, 0.5) is 9.52 Å². The van der Waals surface area contributed by atoms with Crippen molar-refractivity contribution >= 4 is 46.0 Å². The highest BCUT2D eigenvalue weighted by molar-refractivity contribution is 7.98. The molecular weight excluding hydrogens is 465 g/mol. The van der Waals surface area contributed by atoms with Crippen LogP contribution < -0.4 is 10.6 Å². The highest BCUT2D eigenvalue weighted by atomic mass is 32.2. The van der Waals surface area contributed by atoms with E-state index in [4.69, 9.17) is 4.74 Å². The largest absolute Gasteiger partial charge is 0.454 e. The van der Waals surface area contributed by atoms with Crippen molar-refractivity contribution < 1.29 is 23.5 Å². The number of amides is 2. The van der Waals surface area contributed by atoms with Crippen LogP contribution in [0.25, 0.3) is 11.3 Å². The Balaban J connectivity index is 1.53. The van der Waals surface area contributed by atoms with Crippen molar-refractivity contribution in [1.82, 2.24) is 10.3 Å². The Kier molecular flexibility index (Phi) is 8.96. The molecule has 0 saturated heterocycles. The summed E-state index contributed by atoms with van der Waals surface area (Å²) in [6.07, 6.45) is 2.26. The molecule has 33 heavy (non-hydrogen) atoms. The molecule has 0 unspecified atom stereocenters. The number of carbonyl (C=O) groups is 3.